The van der Waals surface area contributed by atoms with E-state index in [1.54, 1.807) is 0 Å². The summed E-state index contributed by atoms with van der Waals surface area (Å²) in [6.45, 7) is 12.4. The van der Waals surface area contributed by atoms with E-state index in [4.69, 9.17) is 0 Å². The Morgan fingerprint density at radius 3 is 2.83 bits per heavy atom. The molecule has 1 aliphatic heterocycles. The fraction of sp³-hybridized carbons (Fsp3) is 0.636. The Labute approximate surface area is 75.6 Å². The van der Waals surface area contributed by atoms with Gasteiger partial charge in [0.05, 0.1) is 0 Å². The Morgan fingerprint density at radius 1 is 1.67 bits per heavy atom. The van der Waals surface area contributed by atoms with Crippen LogP contribution < -0.4 is 5.32 Å². The predicted octanol–water partition coefficient (Wildman–Crippen LogP) is 2.51. The van der Waals surface area contributed by atoms with Crippen LogP contribution in [-0.2, 0) is 0 Å². The lowest BCUT2D eigenvalue weighted by Crippen LogP contribution is -2.40. The molecule has 0 aromatic heterocycles. The number of hydrogen-bond donors (Lipinski definition) is 1. The summed E-state index contributed by atoms with van der Waals surface area (Å²) >= 11 is 0. The molecule has 1 rings (SSSR count). The van der Waals surface area contributed by atoms with Gasteiger partial charge in [0.15, 0.2) is 0 Å². The van der Waals surface area contributed by atoms with Crippen LogP contribution in [0.4, 0.5) is 0 Å². The highest BCUT2D eigenvalue weighted by atomic mass is 14.9. The Balaban J connectivity index is 2.72. The van der Waals surface area contributed by atoms with Gasteiger partial charge in [0.1, 0.15) is 0 Å². The zero-order valence-corrected chi connectivity index (χ0v) is 8.03. The molecule has 0 aromatic rings. The first kappa shape index (κ1) is 9.53. The van der Waals surface area contributed by atoms with E-state index in [1.165, 1.54) is 24.8 Å². The molecule has 0 aromatic carbocycles. The van der Waals surface area contributed by atoms with Gasteiger partial charge in [0, 0.05) is 12.0 Å². The first-order chi connectivity index (χ1) is 5.75. The normalized spacial score (nSPS) is 29.8. The van der Waals surface area contributed by atoms with Crippen LogP contribution in [0.3, 0.4) is 0 Å². The van der Waals surface area contributed by atoms with Gasteiger partial charge in [-0.1, -0.05) is 26.2 Å². The van der Waals surface area contributed by atoms with Crippen molar-refractivity contribution in [3.05, 3.63) is 24.8 Å². The monoisotopic (exact) mass is 165 g/mol. The van der Waals surface area contributed by atoms with Crippen LogP contribution in [0.2, 0.25) is 0 Å². The molecule has 1 atom stereocenters. The van der Waals surface area contributed by atoms with Gasteiger partial charge >= 0.3 is 0 Å². The number of hydrogen-bond acceptors (Lipinski definition) is 1. The first-order valence-electron chi connectivity index (χ1n) is 4.78. The summed E-state index contributed by atoms with van der Waals surface area (Å²) in [6.07, 6.45) is 5.61. The maximum absolute atomic E-state index is 4.08. The molecule has 1 N–H and O–H groups in total. The molecular formula is C11H19N. The molecule has 1 aliphatic rings. The van der Waals surface area contributed by atoms with Crippen LogP contribution in [0.25, 0.3) is 0 Å². The highest BCUT2D eigenvalue weighted by molar-refractivity contribution is 5.23. The third kappa shape index (κ3) is 1.61. The van der Waals surface area contributed by atoms with E-state index in [0.717, 1.165) is 13.1 Å². The Kier molecular flexibility index (Phi) is 3.10. The third-order valence-electron chi connectivity index (χ3n) is 3.08. The predicted molar refractivity (Wildman–Crippen MR) is 54.2 cm³/mol. The minimum atomic E-state index is 0.306. The lowest BCUT2D eigenvalue weighted by molar-refractivity contribution is 0.257. The van der Waals surface area contributed by atoms with Crippen LogP contribution in [-0.4, -0.2) is 13.1 Å². The van der Waals surface area contributed by atoms with E-state index in [2.05, 4.69) is 25.4 Å². The summed E-state index contributed by atoms with van der Waals surface area (Å²) in [6, 6.07) is 0. The fourth-order valence-electron chi connectivity index (χ4n) is 1.99. The smallest absolute Gasteiger partial charge is 0.00695 e. The second-order valence-electron chi connectivity index (χ2n) is 3.64. The molecule has 1 heteroatoms. The number of allylic oxidation sites excluding steroid dienone is 1. The second-order valence-corrected chi connectivity index (χ2v) is 3.64. The lowest BCUT2D eigenvalue weighted by Gasteiger charge is -2.37. The molecule has 1 nitrogen and oxygen atoms in total. The van der Waals surface area contributed by atoms with E-state index in [-0.39, 0.29) is 0 Å². The number of nitrogens with one attached hydrogen (secondary N) is 1. The topological polar surface area (TPSA) is 12.0 Å². The minimum Gasteiger partial charge on any atom is -0.316 e. The van der Waals surface area contributed by atoms with Crippen LogP contribution in [0.5, 0.6) is 0 Å². The van der Waals surface area contributed by atoms with Crippen LogP contribution in [0.15, 0.2) is 24.8 Å². The average Bonchev–Trinajstić information content (AvgIpc) is 2.17. The van der Waals surface area contributed by atoms with Gasteiger partial charge in [-0.2, -0.15) is 0 Å². The van der Waals surface area contributed by atoms with Crippen LogP contribution >= 0.6 is 0 Å². The lowest BCUT2D eigenvalue weighted by atomic mass is 9.73. The maximum Gasteiger partial charge on any atom is 0.00695 e. The average molecular weight is 165 g/mol. The molecule has 12 heavy (non-hydrogen) atoms. The van der Waals surface area contributed by atoms with Crippen molar-refractivity contribution in [1.82, 2.24) is 5.32 Å². The van der Waals surface area contributed by atoms with Crippen molar-refractivity contribution in [2.75, 3.05) is 13.1 Å². The van der Waals surface area contributed by atoms with E-state index >= 15 is 0 Å². The summed E-state index contributed by atoms with van der Waals surface area (Å²) in [5.74, 6) is 0. The van der Waals surface area contributed by atoms with E-state index < -0.39 is 0 Å². The quantitative estimate of drug-likeness (QED) is 0.634. The molecule has 1 fully saturated rings. The SMILES string of the molecule is C=CC(=C)[C@]1(CC)CCCNC1. The van der Waals surface area contributed by atoms with Gasteiger partial charge < -0.3 is 5.32 Å². The molecule has 0 unspecified atom stereocenters. The summed E-state index contributed by atoms with van der Waals surface area (Å²) in [7, 11) is 0. The van der Waals surface area contributed by atoms with Gasteiger partial charge in [-0.05, 0) is 31.4 Å². The van der Waals surface area contributed by atoms with Gasteiger partial charge in [0.2, 0.25) is 0 Å². The largest absolute Gasteiger partial charge is 0.316 e. The standard InChI is InChI=1S/C11H19N/c1-4-10(3)11(5-2)7-6-8-12-9-11/h4,12H,1,3,5-9H2,2H3/t11-/m1/s1. The minimum absolute atomic E-state index is 0.306. The number of piperidine rings is 1. The molecule has 0 spiro atoms. The summed E-state index contributed by atoms with van der Waals surface area (Å²) < 4.78 is 0. The van der Waals surface area contributed by atoms with Gasteiger partial charge in [-0.15, -0.1) is 0 Å². The van der Waals surface area contributed by atoms with Crippen molar-refractivity contribution >= 4 is 0 Å². The molecule has 0 saturated carbocycles. The van der Waals surface area contributed by atoms with Crippen LogP contribution in [0, 0.1) is 5.41 Å². The summed E-state index contributed by atoms with van der Waals surface area (Å²) in [5.41, 5.74) is 1.51. The molecule has 1 heterocycles. The van der Waals surface area contributed by atoms with Crippen molar-refractivity contribution in [3.8, 4) is 0 Å². The zero-order chi connectivity index (χ0) is 9.03. The first-order valence-corrected chi connectivity index (χ1v) is 4.78. The molecule has 0 aliphatic carbocycles. The van der Waals surface area contributed by atoms with Crippen molar-refractivity contribution < 1.29 is 0 Å². The number of rotatable bonds is 3. The highest BCUT2D eigenvalue weighted by Crippen LogP contribution is 2.37. The van der Waals surface area contributed by atoms with Crippen LogP contribution in [0.1, 0.15) is 26.2 Å². The molecule has 0 bridgehead atoms. The Bertz CT molecular complexity index is 175. The molecule has 1 saturated heterocycles. The molecule has 68 valence electrons. The molecule has 0 amide bonds. The van der Waals surface area contributed by atoms with Gasteiger partial charge in [-0.25, -0.2) is 0 Å². The molecular weight excluding hydrogens is 146 g/mol. The summed E-state index contributed by atoms with van der Waals surface area (Å²) in [4.78, 5) is 0. The van der Waals surface area contributed by atoms with Crippen molar-refractivity contribution in [2.24, 2.45) is 5.41 Å². The van der Waals surface area contributed by atoms with Crippen molar-refractivity contribution in [3.63, 3.8) is 0 Å². The second kappa shape index (κ2) is 3.90. The van der Waals surface area contributed by atoms with E-state index in [9.17, 15) is 0 Å². The van der Waals surface area contributed by atoms with Crippen molar-refractivity contribution in [1.29, 1.82) is 0 Å². The Hall–Kier alpha value is -0.560. The maximum atomic E-state index is 4.08. The van der Waals surface area contributed by atoms with E-state index in [0.29, 0.717) is 5.41 Å². The van der Waals surface area contributed by atoms with Gasteiger partial charge in [0.25, 0.3) is 0 Å². The van der Waals surface area contributed by atoms with Gasteiger partial charge in [-0.3, -0.25) is 0 Å². The van der Waals surface area contributed by atoms with E-state index in [1.807, 2.05) is 6.08 Å². The summed E-state index contributed by atoms with van der Waals surface area (Å²) in [5, 5.41) is 3.43. The molecule has 0 radical (unpaired) electrons. The van der Waals surface area contributed by atoms with Crippen molar-refractivity contribution in [2.45, 2.75) is 26.2 Å². The zero-order valence-electron chi connectivity index (χ0n) is 8.03. The highest BCUT2D eigenvalue weighted by Gasteiger charge is 2.31. The third-order valence-corrected chi connectivity index (χ3v) is 3.08. The fourth-order valence-corrected chi connectivity index (χ4v) is 1.99. The Morgan fingerprint density at radius 2 is 2.42 bits per heavy atom.